The van der Waals surface area contributed by atoms with E-state index in [0.717, 1.165) is 64.0 Å². The molecule has 0 radical (unpaired) electrons. The molecule has 0 aliphatic carbocycles. The molecule has 0 aromatic heterocycles. The minimum absolute atomic E-state index is 0.775. The monoisotopic (exact) mass is 933 g/mol. The molecule has 0 fully saturated rings. The predicted octanol–water partition coefficient (Wildman–Crippen LogP) is 19.3. The number of fused-ring (bicyclic) bond motifs is 2. The van der Waals surface area contributed by atoms with Gasteiger partial charge in [0.1, 0.15) is 0 Å². The van der Waals surface area contributed by atoms with Gasteiger partial charge in [0.15, 0.2) is 0 Å². The van der Waals surface area contributed by atoms with Gasteiger partial charge in [-0.25, -0.2) is 0 Å². The molecule has 0 aliphatic heterocycles. The number of rotatable bonds is 13. The summed E-state index contributed by atoms with van der Waals surface area (Å²) in [6.07, 6.45) is 1.55. The van der Waals surface area contributed by atoms with Crippen molar-refractivity contribution >= 4 is 94.3 Å². The fraction of sp³-hybridized carbons (Fsp3) is 0.0286. The molecular formula is C70H51N3. The number of hydrogen-bond acceptors (Lipinski definition) is 3. The van der Waals surface area contributed by atoms with Gasteiger partial charge in [0, 0.05) is 50.9 Å². The van der Waals surface area contributed by atoms with Gasteiger partial charge in [-0.1, -0.05) is 182 Å². The summed E-state index contributed by atoms with van der Waals surface area (Å²) < 4.78 is 0. The zero-order chi connectivity index (χ0) is 48.5. The first kappa shape index (κ1) is 43.6. The minimum atomic E-state index is 0.775. The van der Waals surface area contributed by atoms with Crippen LogP contribution in [0, 0.1) is 0 Å². The van der Waals surface area contributed by atoms with Crippen molar-refractivity contribution in [2.75, 3.05) is 14.7 Å². The number of nitrogens with zero attached hydrogens (tertiary/aromatic N) is 3. The van der Waals surface area contributed by atoms with Gasteiger partial charge in [0.2, 0.25) is 0 Å². The first-order valence-corrected chi connectivity index (χ1v) is 25.2. The summed E-state index contributed by atoms with van der Waals surface area (Å²) in [5, 5.41) is 10.3. The Balaban J connectivity index is 0.918. The van der Waals surface area contributed by atoms with Gasteiger partial charge in [-0.15, -0.1) is 0 Å². The molecule has 13 aromatic rings. The van der Waals surface area contributed by atoms with Crippen LogP contribution in [0.1, 0.15) is 22.3 Å². The molecule has 3 heteroatoms. The molecule has 0 N–H and O–H groups in total. The SMILES string of the molecule is c1ccc(N(c2ccccc2)c2cccc(Cc3cccc(N(c4cccc(Cc5cccc(N(c6ccccc6)c6ccccc6)c5)c4)c4ccc5c6cccc7cccc(c8cccc4c85)c76)c3)c2)cc1. The van der Waals surface area contributed by atoms with Crippen LogP contribution in [0.4, 0.5) is 51.2 Å². The maximum Gasteiger partial charge on any atom is 0.0540 e. The Kier molecular flexibility index (Phi) is 11.4. The maximum absolute atomic E-state index is 2.49. The van der Waals surface area contributed by atoms with E-state index in [2.05, 4.69) is 300 Å². The molecule has 0 heterocycles. The van der Waals surface area contributed by atoms with Gasteiger partial charge >= 0.3 is 0 Å². The zero-order valence-corrected chi connectivity index (χ0v) is 40.4. The van der Waals surface area contributed by atoms with Crippen molar-refractivity contribution in [3.8, 4) is 0 Å². The summed E-state index contributed by atoms with van der Waals surface area (Å²) in [4.78, 5) is 7.16. The van der Waals surface area contributed by atoms with Gasteiger partial charge in [-0.05, 0) is 176 Å². The van der Waals surface area contributed by atoms with Crippen LogP contribution in [0.25, 0.3) is 43.1 Å². The third-order valence-corrected chi connectivity index (χ3v) is 14.3. The Morgan fingerprint density at radius 3 is 0.904 bits per heavy atom. The van der Waals surface area contributed by atoms with Crippen LogP contribution in [-0.2, 0) is 12.8 Å². The van der Waals surface area contributed by atoms with E-state index in [1.165, 1.54) is 65.3 Å². The van der Waals surface area contributed by atoms with E-state index in [1.807, 2.05) is 0 Å². The molecule has 0 spiro atoms. The summed E-state index contributed by atoms with van der Waals surface area (Å²) >= 11 is 0. The van der Waals surface area contributed by atoms with Crippen LogP contribution in [0.5, 0.6) is 0 Å². The zero-order valence-electron chi connectivity index (χ0n) is 40.4. The Hall–Kier alpha value is -9.44. The fourth-order valence-electron chi connectivity index (χ4n) is 11.1. The highest BCUT2D eigenvalue weighted by Crippen LogP contribution is 2.47. The molecule has 13 aromatic carbocycles. The lowest BCUT2D eigenvalue weighted by atomic mass is 9.89. The maximum atomic E-state index is 2.49. The van der Waals surface area contributed by atoms with Crippen LogP contribution in [0.15, 0.2) is 285 Å². The first-order valence-electron chi connectivity index (χ1n) is 25.2. The topological polar surface area (TPSA) is 9.72 Å². The van der Waals surface area contributed by atoms with E-state index in [1.54, 1.807) is 0 Å². The average Bonchev–Trinajstić information content (AvgIpc) is 3.44. The highest BCUT2D eigenvalue weighted by molar-refractivity contribution is 6.34. The van der Waals surface area contributed by atoms with Crippen LogP contribution in [0.3, 0.4) is 0 Å². The summed E-state index contributed by atoms with van der Waals surface area (Å²) in [5.74, 6) is 0. The lowest BCUT2D eigenvalue weighted by molar-refractivity contribution is 1.16. The van der Waals surface area contributed by atoms with Crippen LogP contribution in [0.2, 0.25) is 0 Å². The molecule has 0 unspecified atom stereocenters. The second kappa shape index (κ2) is 19.0. The number of para-hydroxylation sites is 4. The Bertz CT molecular complexity index is 3740. The molecule has 0 atom stereocenters. The second-order valence-corrected chi connectivity index (χ2v) is 19.0. The van der Waals surface area contributed by atoms with Crippen LogP contribution < -0.4 is 14.7 Å². The van der Waals surface area contributed by atoms with Crippen molar-refractivity contribution in [2.24, 2.45) is 0 Å². The first-order chi connectivity index (χ1) is 36.2. The molecule has 0 saturated carbocycles. The summed E-state index contributed by atoms with van der Waals surface area (Å²) in [6.45, 7) is 0. The number of benzene rings is 13. The molecule has 0 saturated heterocycles. The molecule has 0 amide bonds. The highest BCUT2D eigenvalue weighted by atomic mass is 15.2. The van der Waals surface area contributed by atoms with Gasteiger partial charge in [-0.3, -0.25) is 0 Å². The largest absolute Gasteiger partial charge is 0.310 e. The highest BCUT2D eigenvalue weighted by Gasteiger charge is 2.21. The van der Waals surface area contributed by atoms with Crippen molar-refractivity contribution < 1.29 is 0 Å². The molecule has 0 bridgehead atoms. The van der Waals surface area contributed by atoms with Gasteiger partial charge < -0.3 is 14.7 Å². The third kappa shape index (κ3) is 8.37. The summed E-state index contributed by atoms with van der Waals surface area (Å²) in [7, 11) is 0. The van der Waals surface area contributed by atoms with E-state index in [9.17, 15) is 0 Å². The van der Waals surface area contributed by atoms with E-state index >= 15 is 0 Å². The number of hydrogen-bond donors (Lipinski definition) is 0. The van der Waals surface area contributed by atoms with Crippen molar-refractivity contribution in [3.05, 3.63) is 307 Å². The normalized spacial score (nSPS) is 11.4. The molecular weight excluding hydrogens is 883 g/mol. The Morgan fingerprint density at radius 2 is 0.507 bits per heavy atom. The van der Waals surface area contributed by atoms with Crippen molar-refractivity contribution in [3.63, 3.8) is 0 Å². The lowest BCUT2D eigenvalue weighted by Crippen LogP contribution is -2.12. The fourth-order valence-corrected chi connectivity index (χ4v) is 11.1. The predicted molar refractivity (Wildman–Crippen MR) is 310 cm³/mol. The van der Waals surface area contributed by atoms with E-state index in [-0.39, 0.29) is 0 Å². The quantitative estimate of drug-likeness (QED) is 0.0842. The number of anilines is 9. The van der Waals surface area contributed by atoms with E-state index in [0.29, 0.717) is 0 Å². The van der Waals surface area contributed by atoms with Crippen molar-refractivity contribution in [1.82, 2.24) is 0 Å². The van der Waals surface area contributed by atoms with E-state index in [4.69, 9.17) is 0 Å². The van der Waals surface area contributed by atoms with Crippen LogP contribution in [-0.4, -0.2) is 0 Å². The molecule has 0 aliphatic rings. The smallest absolute Gasteiger partial charge is 0.0540 e. The molecule has 13 rings (SSSR count). The van der Waals surface area contributed by atoms with Crippen LogP contribution >= 0.6 is 0 Å². The van der Waals surface area contributed by atoms with Gasteiger partial charge in [0.05, 0.1) is 5.69 Å². The lowest BCUT2D eigenvalue weighted by Gasteiger charge is -2.29. The van der Waals surface area contributed by atoms with Crippen molar-refractivity contribution in [1.29, 1.82) is 0 Å². The minimum Gasteiger partial charge on any atom is -0.310 e. The molecule has 73 heavy (non-hydrogen) atoms. The second-order valence-electron chi connectivity index (χ2n) is 19.0. The molecule has 3 nitrogen and oxygen atoms in total. The Labute approximate surface area is 427 Å². The van der Waals surface area contributed by atoms with E-state index < -0.39 is 0 Å². The summed E-state index contributed by atoms with van der Waals surface area (Å²) in [5.41, 5.74) is 15.1. The molecule has 346 valence electrons. The summed E-state index contributed by atoms with van der Waals surface area (Å²) in [6, 6.07) is 104. The Morgan fingerprint density at radius 1 is 0.205 bits per heavy atom. The average molecular weight is 934 g/mol. The standard InChI is InChI=1S/C70H51N3/c1-5-26-55(27-6-1)71(56-28-7-2-8-29-56)59-34-13-20-50(46-59)44-52-22-15-36-61(48-52)73(68-43-42-66-64-39-18-25-54-24-17-38-63(69(54)64)65-40-19-41-67(68)70(65)66)62-37-16-23-53(49-62)45-51-21-14-35-60(47-51)72(57-30-9-3-10-31-57)58-32-11-4-12-33-58/h1-43,46-49H,44-45H2. The van der Waals surface area contributed by atoms with Crippen molar-refractivity contribution in [2.45, 2.75) is 12.8 Å². The third-order valence-electron chi connectivity index (χ3n) is 14.3. The van der Waals surface area contributed by atoms with Gasteiger partial charge in [0.25, 0.3) is 0 Å². The van der Waals surface area contributed by atoms with Gasteiger partial charge in [-0.2, -0.15) is 0 Å².